The van der Waals surface area contributed by atoms with Crippen molar-refractivity contribution in [2.24, 2.45) is 11.7 Å². The smallest absolute Gasteiger partial charge is 0.229 e. The molecule has 2 N–H and O–H groups in total. The van der Waals surface area contributed by atoms with Crippen molar-refractivity contribution >= 4 is 0 Å². The summed E-state index contributed by atoms with van der Waals surface area (Å²) in [7, 11) is 0. The SMILES string of the molecule is CC(N)(c1noc(C2CC2)n1)C1CC1. The summed E-state index contributed by atoms with van der Waals surface area (Å²) in [5.74, 6) is 2.55. The predicted octanol–water partition coefficient (Wildman–Crippen LogP) is 1.53. The first-order valence-corrected chi connectivity index (χ1v) is 5.31. The monoisotopic (exact) mass is 193 g/mol. The normalized spacial score (nSPS) is 26.1. The van der Waals surface area contributed by atoms with Crippen LogP contribution in [0.4, 0.5) is 0 Å². The molecule has 1 aromatic heterocycles. The van der Waals surface area contributed by atoms with Gasteiger partial charge in [-0.3, -0.25) is 0 Å². The summed E-state index contributed by atoms with van der Waals surface area (Å²) in [5, 5.41) is 4.00. The average Bonchev–Trinajstić information content (AvgIpc) is 3.02. The first kappa shape index (κ1) is 8.41. The molecule has 14 heavy (non-hydrogen) atoms. The van der Waals surface area contributed by atoms with Gasteiger partial charge in [0.1, 0.15) is 0 Å². The van der Waals surface area contributed by atoms with Crippen LogP contribution < -0.4 is 5.73 Å². The Hall–Kier alpha value is -0.900. The minimum atomic E-state index is -0.378. The standard InChI is InChI=1S/C10H15N3O/c1-10(11,7-4-5-7)9-12-8(14-13-9)6-2-3-6/h6-7H,2-5,11H2,1H3. The summed E-state index contributed by atoms with van der Waals surface area (Å²) in [6, 6.07) is 0. The molecule has 0 saturated heterocycles. The van der Waals surface area contributed by atoms with E-state index in [2.05, 4.69) is 10.1 Å². The Balaban J connectivity index is 1.87. The molecule has 4 nitrogen and oxygen atoms in total. The van der Waals surface area contributed by atoms with E-state index in [0.717, 1.165) is 5.89 Å². The first-order chi connectivity index (χ1) is 6.68. The molecule has 2 saturated carbocycles. The zero-order valence-corrected chi connectivity index (χ0v) is 8.36. The summed E-state index contributed by atoms with van der Waals surface area (Å²) >= 11 is 0. The lowest BCUT2D eigenvalue weighted by Crippen LogP contribution is -2.36. The van der Waals surface area contributed by atoms with Crippen LogP contribution in [0.2, 0.25) is 0 Å². The second-order valence-electron chi connectivity index (χ2n) is 4.79. The van der Waals surface area contributed by atoms with Gasteiger partial charge in [0.25, 0.3) is 0 Å². The fourth-order valence-corrected chi connectivity index (χ4v) is 1.82. The highest BCUT2D eigenvalue weighted by molar-refractivity contribution is 5.11. The van der Waals surface area contributed by atoms with E-state index in [0.29, 0.717) is 17.7 Å². The van der Waals surface area contributed by atoms with E-state index in [1.165, 1.54) is 25.7 Å². The largest absolute Gasteiger partial charge is 0.339 e. The highest BCUT2D eigenvalue weighted by atomic mass is 16.5. The van der Waals surface area contributed by atoms with Crippen LogP contribution in [0, 0.1) is 5.92 Å². The van der Waals surface area contributed by atoms with E-state index in [1.807, 2.05) is 6.92 Å². The van der Waals surface area contributed by atoms with Gasteiger partial charge in [0, 0.05) is 5.92 Å². The molecule has 3 rings (SSSR count). The van der Waals surface area contributed by atoms with Crippen LogP contribution in [-0.4, -0.2) is 10.1 Å². The Morgan fingerprint density at radius 2 is 2.07 bits per heavy atom. The van der Waals surface area contributed by atoms with Gasteiger partial charge in [-0.2, -0.15) is 4.98 Å². The highest BCUT2D eigenvalue weighted by Crippen LogP contribution is 2.44. The minimum Gasteiger partial charge on any atom is -0.339 e. The molecule has 1 unspecified atom stereocenters. The third kappa shape index (κ3) is 1.25. The minimum absolute atomic E-state index is 0.378. The van der Waals surface area contributed by atoms with Gasteiger partial charge < -0.3 is 10.3 Å². The van der Waals surface area contributed by atoms with Crippen molar-refractivity contribution < 1.29 is 4.52 Å². The number of rotatable bonds is 3. The third-order valence-electron chi connectivity index (χ3n) is 3.28. The molecule has 0 spiro atoms. The van der Waals surface area contributed by atoms with E-state index < -0.39 is 0 Å². The average molecular weight is 193 g/mol. The highest BCUT2D eigenvalue weighted by Gasteiger charge is 2.43. The van der Waals surface area contributed by atoms with Gasteiger partial charge in [-0.05, 0) is 38.5 Å². The van der Waals surface area contributed by atoms with Gasteiger partial charge in [-0.25, -0.2) is 0 Å². The lowest BCUT2D eigenvalue weighted by molar-refractivity contribution is 0.340. The number of aromatic nitrogens is 2. The molecule has 0 aromatic carbocycles. The van der Waals surface area contributed by atoms with Crippen LogP contribution in [0.25, 0.3) is 0 Å². The van der Waals surface area contributed by atoms with Crippen molar-refractivity contribution in [1.82, 2.24) is 10.1 Å². The summed E-state index contributed by atoms with van der Waals surface area (Å²) in [6.45, 7) is 2.01. The Morgan fingerprint density at radius 3 is 2.64 bits per heavy atom. The fraction of sp³-hybridized carbons (Fsp3) is 0.800. The molecule has 2 aliphatic carbocycles. The van der Waals surface area contributed by atoms with Gasteiger partial charge in [-0.15, -0.1) is 0 Å². The van der Waals surface area contributed by atoms with E-state index in [-0.39, 0.29) is 5.54 Å². The molecular weight excluding hydrogens is 178 g/mol. The van der Waals surface area contributed by atoms with Crippen molar-refractivity contribution in [3.05, 3.63) is 11.7 Å². The molecule has 0 aliphatic heterocycles. The van der Waals surface area contributed by atoms with Crippen molar-refractivity contribution in [3.63, 3.8) is 0 Å². The lowest BCUT2D eigenvalue weighted by Gasteiger charge is -2.18. The number of nitrogens with zero attached hydrogens (tertiary/aromatic N) is 2. The maximum absolute atomic E-state index is 6.19. The number of hydrogen-bond donors (Lipinski definition) is 1. The molecular formula is C10H15N3O. The van der Waals surface area contributed by atoms with Crippen LogP contribution in [0.3, 0.4) is 0 Å². The Labute approximate surface area is 82.9 Å². The zero-order chi connectivity index (χ0) is 9.76. The molecule has 0 radical (unpaired) electrons. The lowest BCUT2D eigenvalue weighted by atomic mass is 9.97. The topological polar surface area (TPSA) is 64.9 Å². The van der Waals surface area contributed by atoms with Crippen molar-refractivity contribution in [1.29, 1.82) is 0 Å². The third-order valence-corrected chi connectivity index (χ3v) is 3.28. The van der Waals surface area contributed by atoms with E-state index in [1.54, 1.807) is 0 Å². The molecule has 1 atom stereocenters. The van der Waals surface area contributed by atoms with E-state index in [9.17, 15) is 0 Å². The van der Waals surface area contributed by atoms with Crippen LogP contribution >= 0.6 is 0 Å². The molecule has 0 amide bonds. The number of nitrogens with two attached hydrogens (primary N) is 1. The van der Waals surface area contributed by atoms with Gasteiger partial charge in [0.2, 0.25) is 5.89 Å². The quantitative estimate of drug-likeness (QED) is 0.790. The predicted molar refractivity (Wildman–Crippen MR) is 50.5 cm³/mol. The summed E-state index contributed by atoms with van der Waals surface area (Å²) in [5.41, 5.74) is 5.81. The zero-order valence-electron chi connectivity index (χ0n) is 8.36. The molecule has 76 valence electrons. The van der Waals surface area contributed by atoms with Crippen molar-refractivity contribution in [3.8, 4) is 0 Å². The van der Waals surface area contributed by atoms with Crippen molar-refractivity contribution in [2.75, 3.05) is 0 Å². The van der Waals surface area contributed by atoms with Crippen LogP contribution in [0.5, 0.6) is 0 Å². The Bertz CT molecular complexity index is 350. The fourth-order valence-electron chi connectivity index (χ4n) is 1.82. The molecule has 2 fully saturated rings. The summed E-state index contributed by atoms with van der Waals surface area (Å²) < 4.78 is 5.21. The summed E-state index contributed by atoms with van der Waals surface area (Å²) in [6.07, 6.45) is 4.76. The Morgan fingerprint density at radius 1 is 1.36 bits per heavy atom. The maximum atomic E-state index is 6.19. The second kappa shape index (κ2) is 2.57. The van der Waals surface area contributed by atoms with E-state index >= 15 is 0 Å². The molecule has 0 bridgehead atoms. The number of hydrogen-bond acceptors (Lipinski definition) is 4. The summed E-state index contributed by atoms with van der Waals surface area (Å²) in [4.78, 5) is 4.40. The second-order valence-corrected chi connectivity index (χ2v) is 4.79. The van der Waals surface area contributed by atoms with Crippen LogP contribution in [0.15, 0.2) is 4.52 Å². The molecule has 4 heteroatoms. The van der Waals surface area contributed by atoms with Crippen LogP contribution in [0.1, 0.15) is 50.2 Å². The molecule has 1 heterocycles. The van der Waals surface area contributed by atoms with Gasteiger partial charge in [0.15, 0.2) is 5.82 Å². The van der Waals surface area contributed by atoms with Crippen LogP contribution in [-0.2, 0) is 5.54 Å². The molecule has 2 aliphatic rings. The molecule has 1 aromatic rings. The first-order valence-electron chi connectivity index (χ1n) is 5.31. The maximum Gasteiger partial charge on any atom is 0.229 e. The van der Waals surface area contributed by atoms with Gasteiger partial charge in [0.05, 0.1) is 5.54 Å². The Kier molecular flexibility index (Phi) is 1.54. The van der Waals surface area contributed by atoms with E-state index in [4.69, 9.17) is 10.3 Å². The van der Waals surface area contributed by atoms with Crippen molar-refractivity contribution in [2.45, 2.75) is 44.1 Å². The van der Waals surface area contributed by atoms with Gasteiger partial charge in [-0.1, -0.05) is 5.16 Å². The van der Waals surface area contributed by atoms with Gasteiger partial charge >= 0.3 is 0 Å².